The molecule has 7 atom stereocenters. The molecule has 16 nitrogen and oxygen atoms in total. The normalized spacial score (nSPS) is 31.1. The van der Waals surface area contributed by atoms with E-state index in [1.54, 1.807) is 30.4 Å². The molecule has 340 valence electrons. The van der Waals surface area contributed by atoms with Gasteiger partial charge in [0.2, 0.25) is 33.3 Å². The van der Waals surface area contributed by atoms with Crippen LogP contribution >= 0.6 is 0 Å². The first-order valence-electron chi connectivity index (χ1n) is 23.6. The molecule has 3 aliphatic heterocycles. The maximum atomic E-state index is 15.1. The molecule has 0 unspecified atom stereocenters. The summed E-state index contributed by atoms with van der Waals surface area (Å²) >= 11 is 0. The number of morpholine rings is 1. The van der Waals surface area contributed by atoms with E-state index in [4.69, 9.17) is 27.4 Å². The van der Waals surface area contributed by atoms with Gasteiger partial charge in [-0.2, -0.15) is 18.2 Å². The minimum atomic E-state index is -6.16. The number of rotatable bonds is 9. The second-order valence-electron chi connectivity index (χ2n) is 16.9. The third-order valence-corrected chi connectivity index (χ3v) is 14.0. The molecular weight excluding hydrogens is 838 g/mol. The summed E-state index contributed by atoms with van der Waals surface area (Å²) in [5.41, 5.74) is -6.78. The van der Waals surface area contributed by atoms with E-state index >= 15 is 4.79 Å². The molecule has 5 aliphatic rings. The van der Waals surface area contributed by atoms with E-state index in [1.807, 2.05) is 23.2 Å². The number of carbonyl (C=O) groups excluding carboxylic acids is 4. The lowest BCUT2D eigenvalue weighted by atomic mass is 9.88. The molecule has 4 heterocycles. The second kappa shape index (κ2) is 17.4. The quantitative estimate of drug-likeness (QED) is 0.302. The number of benzene rings is 1. The van der Waals surface area contributed by atoms with Gasteiger partial charge in [-0.25, -0.2) is 13.2 Å². The molecule has 2 saturated heterocycles. The average molecular weight is 899 g/mol. The summed E-state index contributed by atoms with van der Waals surface area (Å²) in [6, 6.07) is 3.59. The van der Waals surface area contributed by atoms with E-state index in [-0.39, 0.29) is 31.1 Å². The molecule has 2 saturated carbocycles. The summed E-state index contributed by atoms with van der Waals surface area (Å²) < 4.78 is 140. The van der Waals surface area contributed by atoms with Gasteiger partial charge in [-0.05, 0) is 93.7 Å². The van der Waals surface area contributed by atoms with Crippen molar-refractivity contribution in [1.82, 2.24) is 25.2 Å². The fourth-order valence-electron chi connectivity index (χ4n) is 8.37. The van der Waals surface area contributed by atoms with Crippen molar-refractivity contribution in [3.8, 4) is 11.6 Å². The average Bonchev–Trinajstić information content (AvgIpc) is 4.18. The largest absolute Gasteiger partial charge is 0.497 e. The van der Waals surface area contributed by atoms with Gasteiger partial charge in [0, 0.05) is 39.0 Å². The zero-order valence-electron chi connectivity index (χ0n) is 40.5. The van der Waals surface area contributed by atoms with Crippen LogP contribution < -0.4 is 29.7 Å². The van der Waals surface area contributed by atoms with Gasteiger partial charge in [-0.3, -0.25) is 19.1 Å². The Hall–Kier alpha value is -4.85. The molecular formula is C42H55F3N6O10S. The Kier molecular flexibility index (Phi) is 10.6. The summed E-state index contributed by atoms with van der Waals surface area (Å²) in [4.78, 5) is 65.2. The van der Waals surface area contributed by atoms with E-state index in [2.05, 4.69) is 14.8 Å². The van der Waals surface area contributed by atoms with Crippen LogP contribution in [0.3, 0.4) is 0 Å². The predicted octanol–water partition coefficient (Wildman–Crippen LogP) is 4.36. The van der Waals surface area contributed by atoms with Crippen LogP contribution in [0.2, 0.25) is 0 Å². The number of allylic oxidation sites excluding steroid dienone is 1. The summed E-state index contributed by atoms with van der Waals surface area (Å²) in [6.07, 6.45) is -4.52. The molecule has 1 aromatic heterocycles. The number of alkyl carbamates (subject to hydrolysis) is 1. The maximum Gasteiger partial charge on any atom is 0.427 e. The first-order chi connectivity index (χ1) is 31.7. The molecule has 0 radical (unpaired) electrons. The zero-order chi connectivity index (χ0) is 49.8. The summed E-state index contributed by atoms with van der Waals surface area (Å²) in [7, 11) is -2.58. The van der Waals surface area contributed by atoms with E-state index in [9.17, 15) is 36.0 Å². The molecule has 4 amide bonds. The number of aromatic nitrogens is 1. The maximum absolute atomic E-state index is 15.1. The Bertz CT molecular complexity index is 2380. The minimum absolute atomic E-state index is 0.00606. The number of nitrogens with one attached hydrogen (secondary N) is 3. The van der Waals surface area contributed by atoms with Crippen molar-refractivity contribution >= 4 is 50.4 Å². The molecule has 2 aliphatic carbocycles. The lowest BCUT2D eigenvalue weighted by molar-refractivity contribution is -0.244. The summed E-state index contributed by atoms with van der Waals surface area (Å²) in [5, 5.41) is 5.17. The van der Waals surface area contributed by atoms with Crippen LogP contribution in [-0.4, -0.2) is 123 Å². The molecule has 7 rings (SSSR count). The first kappa shape index (κ1) is 37.7. The standard InChI is InChI=1S/C42H55F3N6O10S/c1-24-8-6-7-9-27-22-41(27,38(54)49-62(56,57)30-11-12-30)48-35(52)32-21-29(23-51(32)37(53)34(25(2)18-24)47-39(55)61-40(3,4)42(43,44)45)60-36-31-13-10-28(58-5)19-26(31)20-33(46-36)50-14-16-59-17-15-50/h7,9-10,13,19-20,24-25,27,29-30,32,34H,6,8,11-12,14-18,21-23H2,1-5H3,(H,47,55)(H,48,52)(H,49,54)/b9-7-/t24-,25-,27-,29-,32+,34+,41-/m1/s1/i3D3,4D3. The highest BCUT2D eigenvalue weighted by Gasteiger charge is 2.62. The van der Waals surface area contributed by atoms with E-state index in [0.29, 0.717) is 74.3 Å². The van der Waals surface area contributed by atoms with Crippen molar-refractivity contribution in [3.63, 3.8) is 0 Å². The molecule has 1 aromatic carbocycles. The Labute approximate surface area is 367 Å². The highest BCUT2D eigenvalue weighted by atomic mass is 32.2. The number of hydrogen-bond acceptors (Lipinski definition) is 12. The number of carbonyl (C=O) groups is 4. The molecule has 0 bridgehead atoms. The molecule has 2 aromatic rings. The summed E-state index contributed by atoms with van der Waals surface area (Å²) in [6.45, 7) is -4.20. The lowest BCUT2D eigenvalue weighted by Gasteiger charge is -2.34. The summed E-state index contributed by atoms with van der Waals surface area (Å²) in [5.74, 6) is -3.69. The number of ether oxygens (including phenoxy) is 4. The highest BCUT2D eigenvalue weighted by molar-refractivity contribution is 7.91. The number of hydrogen-bond donors (Lipinski definition) is 3. The topological polar surface area (TPSA) is 195 Å². The number of alkyl halides is 3. The van der Waals surface area contributed by atoms with E-state index in [1.165, 1.54) is 14.0 Å². The van der Waals surface area contributed by atoms with Crippen LogP contribution in [-0.2, 0) is 33.9 Å². The molecule has 0 spiro atoms. The van der Waals surface area contributed by atoms with Gasteiger partial charge < -0.3 is 39.4 Å². The second-order valence-corrected chi connectivity index (χ2v) is 18.9. The van der Waals surface area contributed by atoms with E-state index in [0.717, 1.165) is 4.90 Å². The van der Waals surface area contributed by atoms with Crippen LogP contribution in [0, 0.1) is 17.8 Å². The third kappa shape index (κ3) is 9.70. The van der Waals surface area contributed by atoms with Crippen LogP contribution in [0.15, 0.2) is 36.4 Å². The van der Waals surface area contributed by atoms with Gasteiger partial charge in [0.25, 0.3) is 5.91 Å². The third-order valence-electron chi connectivity index (χ3n) is 12.1. The molecule has 62 heavy (non-hydrogen) atoms. The van der Waals surface area contributed by atoms with Crippen molar-refractivity contribution in [2.24, 2.45) is 17.8 Å². The van der Waals surface area contributed by atoms with Crippen molar-refractivity contribution < 1.29 is 67.9 Å². The molecule has 20 heteroatoms. The minimum Gasteiger partial charge on any atom is -0.497 e. The van der Waals surface area contributed by atoms with Gasteiger partial charge in [0.1, 0.15) is 35.3 Å². The van der Waals surface area contributed by atoms with Crippen LogP contribution in [0.4, 0.5) is 23.8 Å². The van der Waals surface area contributed by atoms with Crippen molar-refractivity contribution in [2.45, 2.75) is 113 Å². The van der Waals surface area contributed by atoms with Crippen LogP contribution in [0.25, 0.3) is 10.8 Å². The van der Waals surface area contributed by atoms with Crippen molar-refractivity contribution in [3.05, 3.63) is 36.4 Å². The fraction of sp³-hybridized carbons (Fsp3) is 0.643. The Morgan fingerprint density at radius 3 is 2.50 bits per heavy atom. The Morgan fingerprint density at radius 1 is 1.08 bits per heavy atom. The fourth-order valence-corrected chi connectivity index (χ4v) is 9.73. The van der Waals surface area contributed by atoms with E-state index < -0.39 is 107 Å². The van der Waals surface area contributed by atoms with Gasteiger partial charge >= 0.3 is 12.3 Å². The number of sulfonamides is 1. The van der Waals surface area contributed by atoms with Gasteiger partial charge in [-0.15, -0.1) is 0 Å². The number of fused-ring (bicyclic) bond motifs is 3. The monoisotopic (exact) mass is 898 g/mol. The van der Waals surface area contributed by atoms with Gasteiger partial charge in [-0.1, -0.05) is 26.0 Å². The van der Waals surface area contributed by atoms with Crippen molar-refractivity contribution in [1.29, 1.82) is 0 Å². The highest BCUT2D eigenvalue weighted by Crippen LogP contribution is 2.46. The van der Waals surface area contributed by atoms with Crippen molar-refractivity contribution in [2.75, 3.05) is 44.9 Å². The number of nitrogens with zero attached hydrogens (tertiary/aromatic N) is 3. The zero-order valence-corrected chi connectivity index (χ0v) is 35.3. The molecule has 4 fully saturated rings. The number of methoxy groups -OCH3 is 1. The van der Waals surface area contributed by atoms with Gasteiger partial charge in [0.15, 0.2) is 0 Å². The number of amides is 4. The predicted molar refractivity (Wildman–Crippen MR) is 220 cm³/mol. The molecule has 3 N–H and O–H groups in total. The Morgan fingerprint density at radius 2 is 1.82 bits per heavy atom. The first-order valence-corrected chi connectivity index (χ1v) is 22.2. The van der Waals surface area contributed by atoms with Crippen LogP contribution in [0.1, 0.15) is 80.7 Å². The lowest BCUT2D eigenvalue weighted by Crippen LogP contribution is -2.59. The smallest absolute Gasteiger partial charge is 0.427 e. The van der Waals surface area contributed by atoms with Gasteiger partial charge in [0.05, 0.1) is 32.1 Å². The Balaban J connectivity index is 1.28. The number of halogens is 3. The van der Waals surface area contributed by atoms with Crippen LogP contribution in [0.5, 0.6) is 11.6 Å². The number of anilines is 1. The SMILES string of the molecule is [2H]C([2H])([2H])C(OC(=O)N[C@@H]1C(=O)N2C[C@H](Oc3nc(N4CCOCC4)cc4cc(OC)ccc34)C[C@H]2C(=O)N[C@]2(C(=O)NS(=O)(=O)C3CC3)C[C@H]2/C=C\CC[C@@H](C)C[C@H]1C)(C([2H])([2H])[2H])C(F)(F)F. The number of pyridine rings is 1.